The Labute approximate surface area is 64.3 Å². The second-order valence-electron chi connectivity index (χ2n) is 2.47. The summed E-state index contributed by atoms with van der Waals surface area (Å²) in [5, 5.41) is 0. The van der Waals surface area contributed by atoms with Crippen molar-refractivity contribution < 1.29 is 4.58 Å². The molecule has 1 heterocycles. The summed E-state index contributed by atoms with van der Waals surface area (Å²) >= 11 is 3.49. The average Bonchev–Trinajstić information content (AvgIpc) is 1.83. The van der Waals surface area contributed by atoms with Gasteiger partial charge in [0.25, 0.3) is 0 Å². The van der Waals surface area contributed by atoms with Crippen LogP contribution in [0.15, 0.2) is 0 Å². The SMILES string of the molecule is CN1CCC[N+](C)=C1Br. The van der Waals surface area contributed by atoms with Gasteiger partial charge in [-0.3, -0.25) is 9.48 Å². The van der Waals surface area contributed by atoms with E-state index in [-0.39, 0.29) is 0 Å². The Bertz CT molecular complexity index is 142. The number of nitrogens with zero attached hydrogens (tertiary/aromatic N) is 2. The van der Waals surface area contributed by atoms with Crippen LogP contribution in [0.25, 0.3) is 0 Å². The molecular weight excluding hydrogens is 180 g/mol. The molecule has 0 bridgehead atoms. The van der Waals surface area contributed by atoms with Crippen LogP contribution in [0.5, 0.6) is 0 Å². The van der Waals surface area contributed by atoms with Crippen LogP contribution in [0, 0.1) is 0 Å². The predicted molar refractivity (Wildman–Crippen MR) is 42.2 cm³/mol. The maximum Gasteiger partial charge on any atom is 0.315 e. The summed E-state index contributed by atoms with van der Waals surface area (Å²) in [6.45, 7) is 2.34. The molecule has 0 fully saturated rings. The van der Waals surface area contributed by atoms with Crippen molar-refractivity contribution >= 4 is 20.7 Å². The first kappa shape index (κ1) is 7.06. The highest BCUT2D eigenvalue weighted by atomic mass is 79.9. The van der Waals surface area contributed by atoms with Crippen molar-refractivity contribution in [2.75, 3.05) is 27.2 Å². The molecule has 0 spiro atoms. The van der Waals surface area contributed by atoms with E-state index in [1.807, 2.05) is 0 Å². The average molecular weight is 192 g/mol. The van der Waals surface area contributed by atoms with Crippen LogP contribution in [0.3, 0.4) is 0 Å². The summed E-state index contributed by atoms with van der Waals surface area (Å²) in [6, 6.07) is 0. The highest BCUT2D eigenvalue weighted by molar-refractivity contribution is 9.18. The Morgan fingerprint density at radius 3 is 2.78 bits per heavy atom. The number of rotatable bonds is 0. The zero-order valence-corrected chi connectivity index (χ0v) is 7.48. The lowest BCUT2D eigenvalue weighted by molar-refractivity contribution is -0.504. The topological polar surface area (TPSA) is 6.25 Å². The van der Waals surface area contributed by atoms with E-state index in [2.05, 4.69) is 39.5 Å². The molecule has 1 rings (SSSR count). The molecule has 0 amide bonds. The van der Waals surface area contributed by atoms with Crippen LogP contribution in [-0.4, -0.2) is 41.4 Å². The molecular formula is C6H12BrN2+. The van der Waals surface area contributed by atoms with Gasteiger partial charge in [-0.05, 0) is 0 Å². The molecule has 1 aliphatic heterocycles. The first-order chi connectivity index (χ1) is 4.22. The van der Waals surface area contributed by atoms with Gasteiger partial charge in [0.1, 0.15) is 0 Å². The molecule has 0 radical (unpaired) electrons. The fraction of sp³-hybridized carbons (Fsp3) is 0.833. The summed E-state index contributed by atoms with van der Waals surface area (Å²) in [5.41, 5.74) is 0. The molecule has 0 aliphatic carbocycles. The Kier molecular flexibility index (Phi) is 2.11. The Balaban J connectivity index is 2.72. The summed E-state index contributed by atoms with van der Waals surface area (Å²) in [5.74, 6) is 0. The summed E-state index contributed by atoms with van der Waals surface area (Å²) < 4.78 is 3.41. The quantitative estimate of drug-likeness (QED) is 0.404. The first-order valence-electron chi connectivity index (χ1n) is 3.16. The third kappa shape index (κ3) is 1.45. The van der Waals surface area contributed by atoms with Crippen LogP contribution in [0.1, 0.15) is 6.42 Å². The van der Waals surface area contributed by atoms with Crippen LogP contribution in [0.4, 0.5) is 0 Å². The van der Waals surface area contributed by atoms with Crippen molar-refractivity contribution in [2.24, 2.45) is 0 Å². The molecule has 1 aliphatic rings. The van der Waals surface area contributed by atoms with E-state index in [1.165, 1.54) is 24.3 Å². The fourth-order valence-electron chi connectivity index (χ4n) is 1.02. The molecule has 0 aromatic heterocycles. The van der Waals surface area contributed by atoms with Gasteiger partial charge in [-0.15, -0.1) is 0 Å². The standard InChI is InChI=1S/C6H12BrN2/c1-8-4-3-5-9(2)6(8)7/h3-5H2,1-2H3/q+1. The van der Waals surface area contributed by atoms with Gasteiger partial charge in [-0.1, -0.05) is 0 Å². The Morgan fingerprint density at radius 1 is 1.67 bits per heavy atom. The van der Waals surface area contributed by atoms with Crippen LogP contribution in [-0.2, 0) is 0 Å². The third-order valence-electron chi connectivity index (χ3n) is 1.62. The monoisotopic (exact) mass is 191 g/mol. The summed E-state index contributed by atoms with van der Waals surface area (Å²) in [6.07, 6.45) is 1.27. The highest BCUT2D eigenvalue weighted by Gasteiger charge is 2.17. The van der Waals surface area contributed by atoms with Crippen molar-refractivity contribution in [3.8, 4) is 0 Å². The predicted octanol–water partition coefficient (Wildman–Crippen LogP) is 0.715. The van der Waals surface area contributed by atoms with E-state index in [1.54, 1.807) is 0 Å². The number of halogens is 1. The lowest BCUT2D eigenvalue weighted by Crippen LogP contribution is -2.36. The summed E-state index contributed by atoms with van der Waals surface area (Å²) in [7, 11) is 4.19. The van der Waals surface area contributed by atoms with Crippen LogP contribution < -0.4 is 0 Å². The molecule has 0 aromatic carbocycles. The maximum atomic E-state index is 3.49. The second kappa shape index (κ2) is 2.69. The number of amidine groups is 1. The van der Waals surface area contributed by atoms with E-state index in [0.717, 1.165) is 0 Å². The molecule has 52 valence electrons. The largest absolute Gasteiger partial charge is 0.315 e. The van der Waals surface area contributed by atoms with E-state index in [9.17, 15) is 0 Å². The lowest BCUT2D eigenvalue weighted by Gasteiger charge is -2.17. The molecule has 9 heavy (non-hydrogen) atoms. The van der Waals surface area contributed by atoms with Gasteiger partial charge in [0.05, 0.1) is 27.2 Å². The fourth-order valence-corrected chi connectivity index (χ4v) is 1.38. The maximum absolute atomic E-state index is 3.49. The highest BCUT2D eigenvalue weighted by Crippen LogP contribution is 2.02. The zero-order valence-electron chi connectivity index (χ0n) is 5.89. The smallest absolute Gasteiger partial charge is 0.258 e. The third-order valence-corrected chi connectivity index (χ3v) is 2.83. The first-order valence-corrected chi connectivity index (χ1v) is 3.96. The molecule has 0 N–H and O–H groups in total. The van der Waals surface area contributed by atoms with Crippen molar-refractivity contribution in [2.45, 2.75) is 6.42 Å². The number of hydrogen-bond donors (Lipinski definition) is 0. The van der Waals surface area contributed by atoms with Gasteiger partial charge in [0.2, 0.25) is 0 Å². The van der Waals surface area contributed by atoms with E-state index in [0.29, 0.717) is 0 Å². The van der Waals surface area contributed by atoms with Crippen LogP contribution in [0.2, 0.25) is 0 Å². The minimum absolute atomic E-state index is 1.17. The lowest BCUT2D eigenvalue weighted by atomic mass is 10.3. The van der Waals surface area contributed by atoms with Gasteiger partial charge in [-0.25, -0.2) is 0 Å². The Morgan fingerprint density at radius 2 is 2.33 bits per heavy atom. The van der Waals surface area contributed by atoms with Gasteiger partial charge in [-0.2, -0.15) is 0 Å². The number of hydrogen-bond acceptors (Lipinski definition) is 1. The second-order valence-corrected chi connectivity index (χ2v) is 3.17. The molecule has 0 saturated heterocycles. The minimum atomic E-state index is 1.17. The summed E-state index contributed by atoms with van der Waals surface area (Å²) in [4.78, 5) is 2.21. The van der Waals surface area contributed by atoms with Gasteiger partial charge < -0.3 is 0 Å². The van der Waals surface area contributed by atoms with Crippen molar-refractivity contribution in [1.82, 2.24) is 4.90 Å². The Hall–Kier alpha value is -0.0500. The molecule has 0 atom stereocenters. The van der Waals surface area contributed by atoms with Gasteiger partial charge in [0, 0.05) is 22.4 Å². The molecule has 2 nitrogen and oxygen atoms in total. The normalized spacial score (nSPS) is 21.0. The van der Waals surface area contributed by atoms with Gasteiger partial charge in [0.15, 0.2) is 0 Å². The zero-order chi connectivity index (χ0) is 6.85. The van der Waals surface area contributed by atoms with Crippen molar-refractivity contribution in [3.63, 3.8) is 0 Å². The molecule has 3 heteroatoms. The molecule has 0 saturated carbocycles. The van der Waals surface area contributed by atoms with Gasteiger partial charge >= 0.3 is 4.74 Å². The van der Waals surface area contributed by atoms with Crippen LogP contribution >= 0.6 is 15.9 Å². The van der Waals surface area contributed by atoms with Crippen molar-refractivity contribution in [3.05, 3.63) is 0 Å². The molecule has 0 aromatic rings. The van der Waals surface area contributed by atoms with E-state index in [4.69, 9.17) is 0 Å². The van der Waals surface area contributed by atoms with E-state index < -0.39 is 0 Å². The molecule has 0 unspecified atom stereocenters. The van der Waals surface area contributed by atoms with Crippen molar-refractivity contribution in [1.29, 1.82) is 0 Å². The minimum Gasteiger partial charge on any atom is -0.258 e. The van der Waals surface area contributed by atoms with E-state index >= 15 is 0 Å².